The van der Waals surface area contributed by atoms with E-state index in [2.05, 4.69) is 5.32 Å². The van der Waals surface area contributed by atoms with E-state index in [1.54, 1.807) is 32.0 Å². The maximum Gasteiger partial charge on any atom is 0.225 e. The number of carbonyl (C=O) groups excluding carboxylic acids is 1. The monoisotopic (exact) mass is 300 g/mol. The summed E-state index contributed by atoms with van der Waals surface area (Å²) in [6.07, 6.45) is -0.0913. The van der Waals surface area contributed by atoms with Crippen molar-refractivity contribution in [1.29, 1.82) is 0 Å². The second-order valence-electron chi connectivity index (χ2n) is 4.67. The lowest BCUT2D eigenvalue weighted by Gasteiger charge is -2.10. The van der Waals surface area contributed by atoms with Crippen LogP contribution in [-0.2, 0) is 14.6 Å². The number of benzene rings is 1. The number of carbonyl (C=O) groups is 1. The van der Waals surface area contributed by atoms with Gasteiger partial charge in [-0.15, -0.1) is 0 Å². The number of ether oxygens (including phenoxy) is 1. The van der Waals surface area contributed by atoms with Gasteiger partial charge in [-0.1, -0.05) is 0 Å². The second kappa shape index (κ2) is 6.60. The molecule has 0 bridgehead atoms. The molecular formula is C13H20N2O4S. The molecule has 0 aliphatic carbocycles. The number of methoxy groups -OCH3 is 1. The third kappa shape index (κ3) is 4.41. The van der Waals surface area contributed by atoms with Crippen LogP contribution in [0, 0.1) is 0 Å². The molecule has 0 saturated heterocycles. The molecule has 1 aromatic carbocycles. The number of hydrogen-bond donors (Lipinski definition) is 2. The van der Waals surface area contributed by atoms with Crippen molar-refractivity contribution in [2.45, 2.75) is 25.5 Å². The topological polar surface area (TPSA) is 98.5 Å². The Morgan fingerprint density at radius 2 is 2.05 bits per heavy atom. The molecule has 7 heteroatoms. The second-order valence-corrected chi connectivity index (χ2v) is 7.34. The first-order chi connectivity index (χ1) is 9.26. The van der Waals surface area contributed by atoms with Gasteiger partial charge < -0.3 is 15.8 Å². The van der Waals surface area contributed by atoms with Crippen LogP contribution in [0.1, 0.15) is 20.3 Å². The molecule has 20 heavy (non-hydrogen) atoms. The molecule has 0 saturated carbocycles. The summed E-state index contributed by atoms with van der Waals surface area (Å²) < 4.78 is 28.2. The summed E-state index contributed by atoms with van der Waals surface area (Å²) >= 11 is 0. The number of amides is 1. The van der Waals surface area contributed by atoms with Crippen LogP contribution < -0.4 is 15.8 Å². The van der Waals surface area contributed by atoms with E-state index in [9.17, 15) is 13.2 Å². The molecule has 0 spiro atoms. The smallest absolute Gasteiger partial charge is 0.225 e. The summed E-state index contributed by atoms with van der Waals surface area (Å²) in [7, 11) is -1.70. The first-order valence-corrected chi connectivity index (χ1v) is 7.92. The molecule has 0 unspecified atom stereocenters. The van der Waals surface area contributed by atoms with Crippen LogP contribution in [0.25, 0.3) is 0 Å². The van der Waals surface area contributed by atoms with Crippen LogP contribution in [0.4, 0.5) is 11.4 Å². The van der Waals surface area contributed by atoms with Crippen LogP contribution >= 0.6 is 0 Å². The SMILES string of the molecule is COc1ccc(NC(=O)CCS(=O)(=O)C(C)C)c(N)c1. The lowest BCUT2D eigenvalue weighted by atomic mass is 10.2. The number of nitrogens with two attached hydrogens (primary N) is 1. The largest absolute Gasteiger partial charge is 0.497 e. The van der Waals surface area contributed by atoms with Gasteiger partial charge in [0.1, 0.15) is 5.75 Å². The quantitative estimate of drug-likeness (QED) is 0.774. The molecule has 3 N–H and O–H groups in total. The summed E-state index contributed by atoms with van der Waals surface area (Å²) in [4.78, 5) is 11.7. The predicted molar refractivity (Wildman–Crippen MR) is 79.6 cm³/mol. The lowest BCUT2D eigenvalue weighted by molar-refractivity contribution is -0.115. The van der Waals surface area contributed by atoms with E-state index in [1.807, 2.05) is 0 Å². The Labute approximate surface area is 119 Å². The van der Waals surface area contributed by atoms with Crippen LogP contribution in [0.5, 0.6) is 5.75 Å². The van der Waals surface area contributed by atoms with Gasteiger partial charge in [0.25, 0.3) is 0 Å². The maximum atomic E-state index is 11.7. The van der Waals surface area contributed by atoms with Gasteiger partial charge in [-0.2, -0.15) is 0 Å². The van der Waals surface area contributed by atoms with E-state index in [1.165, 1.54) is 7.11 Å². The number of nitrogens with one attached hydrogen (secondary N) is 1. The summed E-state index contributed by atoms with van der Waals surface area (Å²) in [5.74, 6) is 0.0287. The molecule has 0 aliphatic heterocycles. The molecule has 6 nitrogen and oxygen atoms in total. The van der Waals surface area contributed by atoms with Crippen LogP contribution in [-0.4, -0.2) is 32.4 Å². The first-order valence-electron chi connectivity index (χ1n) is 6.21. The third-order valence-corrected chi connectivity index (χ3v) is 5.07. The number of sulfone groups is 1. The fraction of sp³-hybridized carbons (Fsp3) is 0.462. The Bertz CT molecular complexity index is 582. The lowest BCUT2D eigenvalue weighted by Crippen LogP contribution is -2.22. The first kappa shape index (κ1) is 16.3. The van der Waals surface area contributed by atoms with Crippen molar-refractivity contribution in [3.05, 3.63) is 18.2 Å². The fourth-order valence-corrected chi connectivity index (χ4v) is 2.41. The number of anilines is 2. The van der Waals surface area contributed by atoms with Gasteiger partial charge in [-0.25, -0.2) is 8.42 Å². The molecular weight excluding hydrogens is 280 g/mol. The van der Waals surface area contributed by atoms with E-state index >= 15 is 0 Å². The van der Waals surface area contributed by atoms with Crippen LogP contribution in [0.15, 0.2) is 18.2 Å². The highest BCUT2D eigenvalue weighted by molar-refractivity contribution is 7.91. The Hall–Kier alpha value is -1.76. The van der Waals surface area contributed by atoms with Crippen molar-refractivity contribution in [2.24, 2.45) is 0 Å². The van der Waals surface area contributed by atoms with E-state index in [0.717, 1.165) is 0 Å². The van der Waals surface area contributed by atoms with E-state index in [-0.39, 0.29) is 18.1 Å². The average molecular weight is 300 g/mol. The van der Waals surface area contributed by atoms with Gasteiger partial charge in [0.15, 0.2) is 9.84 Å². The summed E-state index contributed by atoms with van der Waals surface area (Å²) in [6, 6.07) is 4.86. The molecule has 1 aromatic rings. The van der Waals surface area contributed by atoms with Crippen molar-refractivity contribution in [3.8, 4) is 5.75 Å². The Kier molecular flexibility index (Phi) is 5.38. The molecule has 0 atom stereocenters. The number of rotatable bonds is 6. The minimum atomic E-state index is -3.22. The van der Waals surface area contributed by atoms with Crippen LogP contribution in [0.3, 0.4) is 0 Å². The Morgan fingerprint density at radius 3 is 2.55 bits per heavy atom. The summed E-state index contributed by atoms with van der Waals surface area (Å²) in [5.41, 5.74) is 6.57. The highest BCUT2D eigenvalue weighted by Gasteiger charge is 2.18. The van der Waals surface area contributed by atoms with Gasteiger partial charge in [-0.05, 0) is 26.0 Å². The van der Waals surface area contributed by atoms with Gasteiger partial charge in [0, 0.05) is 12.5 Å². The molecule has 0 aliphatic rings. The third-order valence-electron chi connectivity index (χ3n) is 2.86. The van der Waals surface area contributed by atoms with Crippen molar-refractivity contribution < 1.29 is 17.9 Å². The highest BCUT2D eigenvalue weighted by atomic mass is 32.2. The van der Waals surface area contributed by atoms with Crippen molar-refractivity contribution in [3.63, 3.8) is 0 Å². The highest BCUT2D eigenvalue weighted by Crippen LogP contribution is 2.24. The molecule has 1 rings (SSSR count). The standard InChI is InChI=1S/C13H20N2O4S/c1-9(2)20(17,18)7-6-13(16)15-12-5-4-10(19-3)8-11(12)14/h4-5,8-9H,6-7,14H2,1-3H3,(H,15,16). The number of hydrogen-bond acceptors (Lipinski definition) is 5. The van der Waals surface area contributed by atoms with Crippen LogP contribution in [0.2, 0.25) is 0 Å². The minimum Gasteiger partial charge on any atom is -0.497 e. The minimum absolute atomic E-state index is 0.0913. The fourth-order valence-electron chi connectivity index (χ4n) is 1.46. The van der Waals surface area contributed by atoms with Crippen molar-refractivity contribution >= 4 is 27.1 Å². The zero-order valence-corrected chi connectivity index (χ0v) is 12.7. The Morgan fingerprint density at radius 1 is 1.40 bits per heavy atom. The summed E-state index contributed by atoms with van der Waals surface area (Å²) in [5, 5.41) is 2.10. The van der Waals surface area contributed by atoms with Gasteiger partial charge >= 0.3 is 0 Å². The molecule has 112 valence electrons. The zero-order chi connectivity index (χ0) is 15.3. The molecule has 0 radical (unpaired) electrons. The molecule has 0 aromatic heterocycles. The molecule has 0 fully saturated rings. The Balaban J connectivity index is 2.64. The van der Waals surface area contributed by atoms with E-state index in [4.69, 9.17) is 10.5 Å². The van der Waals surface area contributed by atoms with Gasteiger partial charge in [0.2, 0.25) is 5.91 Å². The van der Waals surface area contributed by atoms with Crippen molar-refractivity contribution in [1.82, 2.24) is 0 Å². The maximum absolute atomic E-state index is 11.7. The van der Waals surface area contributed by atoms with Crippen molar-refractivity contribution in [2.75, 3.05) is 23.9 Å². The predicted octanol–water partition coefficient (Wildman–Crippen LogP) is 1.43. The van der Waals surface area contributed by atoms with E-state index < -0.39 is 15.1 Å². The number of nitrogen functional groups attached to an aromatic ring is 1. The molecule has 0 heterocycles. The zero-order valence-electron chi connectivity index (χ0n) is 11.8. The van der Waals surface area contributed by atoms with E-state index in [0.29, 0.717) is 17.1 Å². The summed E-state index contributed by atoms with van der Waals surface area (Å²) in [6.45, 7) is 3.18. The average Bonchev–Trinajstić information content (AvgIpc) is 2.38. The normalized spacial score (nSPS) is 11.4. The van der Waals surface area contributed by atoms with Gasteiger partial charge in [-0.3, -0.25) is 4.79 Å². The molecule has 1 amide bonds. The van der Waals surface area contributed by atoms with Gasteiger partial charge in [0.05, 0.1) is 29.5 Å².